The zero-order chi connectivity index (χ0) is 11.5. The van der Waals surface area contributed by atoms with Crippen LogP contribution < -0.4 is 0 Å². The lowest BCUT2D eigenvalue weighted by Gasteiger charge is -2.25. The first kappa shape index (κ1) is 12.7. The van der Waals surface area contributed by atoms with Crippen LogP contribution in [0.25, 0.3) is 0 Å². The number of halogens is 1. The van der Waals surface area contributed by atoms with E-state index in [4.69, 9.17) is 0 Å². The Morgan fingerprint density at radius 2 is 2.07 bits per heavy atom. The van der Waals surface area contributed by atoms with Gasteiger partial charge in [-0.05, 0) is 42.4 Å². The first-order valence-electron chi connectivity index (χ1n) is 5.45. The van der Waals surface area contributed by atoms with Gasteiger partial charge in [-0.25, -0.2) is 0 Å². The molecule has 1 atom stereocenters. The Labute approximate surface area is 101 Å². The molecule has 0 aromatic carbocycles. The third kappa shape index (κ3) is 3.94. The Morgan fingerprint density at radius 1 is 1.40 bits per heavy atom. The van der Waals surface area contributed by atoms with Crippen molar-refractivity contribution >= 4 is 15.9 Å². The summed E-state index contributed by atoms with van der Waals surface area (Å²) < 4.78 is 0. The van der Waals surface area contributed by atoms with Crippen LogP contribution in [-0.4, -0.2) is 9.81 Å². The molecule has 0 spiro atoms. The second-order valence-electron chi connectivity index (χ2n) is 5.17. The summed E-state index contributed by atoms with van der Waals surface area (Å²) in [5, 5.41) is 0. The zero-order valence-corrected chi connectivity index (χ0v) is 11.6. The van der Waals surface area contributed by atoms with E-state index in [1.807, 2.05) is 12.4 Å². The van der Waals surface area contributed by atoms with E-state index in [0.29, 0.717) is 10.2 Å². The minimum atomic E-state index is 0.329. The average Bonchev–Trinajstić information content (AvgIpc) is 2.14. The highest BCUT2D eigenvalue weighted by molar-refractivity contribution is 9.09. The topological polar surface area (TPSA) is 12.9 Å². The first-order chi connectivity index (χ1) is 6.91. The monoisotopic (exact) mass is 269 g/mol. The molecule has 0 aliphatic rings. The van der Waals surface area contributed by atoms with E-state index in [2.05, 4.69) is 54.7 Å². The van der Waals surface area contributed by atoms with Gasteiger partial charge in [-0.3, -0.25) is 4.98 Å². The van der Waals surface area contributed by atoms with Crippen molar-refractivity contribution < 1.29 is 0 Å². The summed E-state index contributed by atoms with van der Waals surface area (Å²) in [6.45, 7) is 8.95. The Bertz CT molecular complexity index is 315. The number of aryl methyl sites for hydroxylation is 2. The van der Waals surface area contributed by atoms with Crippen molar-refractivity contribution in [3.8, 4) is 0 Å². The van der Waals surface area contributed by atoms with Crippen LogP contribution in [0.15, 0.2) is 18.5 Å². The normalized spacial score (nSPS) is 13.9. The maximum absolute atomic E-state index is 4.17. The fraction of sp³-hybridized carbons (Fsp3) is 0.615. The zero-order valence-electron chi connectivity index (χ0n) is 10.0. The first-order valence-corrected chi connectivity index (χ1v) is 6.36. The van der Waals surface area contributed by atoms with Crippen molar-refractivity contribution in [3.05, 3.63) is 29.6 Å². The lowest BCUT2D eigenvalue weighted by Crippen LogP contribution is -2.20. The molecule has 0 fully saturated rings. The molecule has 0 radical (unpaired) electrons. The van der Waals surface area contributed by atoms with Crippen molar-refractivity contribution in [1.29, 1.82) is 0 Å². The molecule has 0 saturated carbocycles. The molecule has 0 aliphatic heterocycles. The van der Waals surface area contributed by atoms with Gasteiger partial charge in [-0.1, -0.05) is 36.7 Å². The summed E-state index contributed by atoms with van der Waals surface area (Å²) in [4.78, 5) is 4.73. The summed E-state index contributed by atoms with van der Waals surface area (Å²) >= 11 is 3.76. The molecule has 0 aliphatic carbocycles. The van der Waals surface area contributed by atoms with Crippen molar-refractivity contribution in [3.63, 3.8) is 0 Å². The third-order valence-corrected chi connectivity index (χ3v) is 4.59. The van der Waals surface area contributed by atoms with Crippen LogP contribution >= 0.6 is 15.9 Å². The summed E-state index contributed by atoms with van der Waals surface area (Å²) in [7, 11) is 0. The number of hydrogen-bond donors (Lipinski definition) is 0. The predicted molar refractivity (Wildman–Crippen MR) is 69.5 cm³/mol. The summed E-state index contributed by atoms with van der Waals surface area (Å²) in [6, 6.07) is 2.08. The molecule has 2 heteroatoms. The van der Waals surface area contributed by atoms with Gasteiger partial charge in [0.05, 0.1) is 0 Å². The van der Waals surface area contributed by atoms with Crippen molar-refractivity contribution in [1.82, 2.24) is 4.98 Å². The van der Waals surface area contributed by atoms with Crippen LogP contribution in [0.5, 0.6) is 0 Å². The van der Waals surface area contributed by atoms with Gasteiger partial charge in [0, 0.05) is 17.2 Å². The fourth-order valence-corrected chi connectivity index (χ4v) is 1.70. The molecule has 0 bridgehead atoms. The lowest BCUT2D eigenvalue weighted by atomic mass is 9.88. The number of aromatic nitrogens is 1. The second-order valence-corrected chi connectivity index (χ2v) is 6.28. The molecule has 1 heterocycles. The maximum atomic E-state index is 4.17. The van der Waals surface area contributed by atoms with Crippen LogP contribution in [0.4, 0.5) is 0 Å². The highest BCUT2D eigenvalue weighted by Crippen LogP contribution is 2.29. The minimum Gasteiger partial charge on any atom is -0.264 e. The summed E-state index contributed by atoms with van der Waals surface area (Å²) in [5.41, 5.74) is 3.04. The molecule has 1 rings (SSSR count). The quantitative estimate of drug-likeness (QED) is 0.752. The van der Waals surface area contributed by atoms with Gasteiger partial charge in [0.2, 0.25) is 0 Å². The van der Waals surface area contributed by atoms with E-state index < -0.39 is 0 Å². The Kier molecular flexibility index (Phi) is 4.32. The molecular weight excluding hydrogens is 250 g/mol. The third-order valence-electron chi connectivity index (χ3n) is 2.75. The summed E-state index contributed by atoms with van der Waals surface area (Å²) in [5.74, 6) is 0. The van der Waals surface area contributed by atoms with Crippen LogP contribution in [0.2, 0.25) is 0 Å². The molecule has 1 unspecified atom stereocenters. The number of hydrogen-bond acceptors (Lipinski definition) is 1. The van der Waals surface area contributed by atoms with Crippen LogP contribution in [0.3, 0.4) is 0 Å². The Morgan fingerprint density at radius 3 is 2.60 bits per heavy atom. The molecular formula is C13H20BrN. The highest BCUT2D eigenvalue weighted by Gasteiger charge is 2.21. The van der Waals surface area contributed by atoms with Crippen LogP contribution in [-0.2, 0) is 6.42 Å². The van der Waals surface area contributed by atoms with Crippen molar-refractivity contribution in [2.75, 3.05) is 0 Å². The Hall–Kier alpha value is -0.370. The molecule has 0 amide bonds. The number of nitrogens with zero attached hydrogens (tertiary/aromatic N) is 1. The predicted octanol–water partition coefficient (Wildman–Crippen LogP) is 4.13. The Balaban J connectivity index is 2.55. The van der Waals surface area contributed by atoms with Gasteiger partial charge in [0.15, 0.2) is 0 Å². The molecule has 0 N–H and O–H groups in total. The second kappa shape index (κ2) is 5.11. The number of pyridine rings is 1. The molecule has 1 aromatic rings. The largest absolute Gasteiger partial charge is 0.264 e. The average molecular weight is 270 g/mol. The van der Waals surface area contributed by atoms with E-state index in [1.54, 1.807) is 0 Å². The SMILES string of the molecule is Cc1ccncc1CCC(Br)C(C)(C)C. The maximum Gasteiger partial charge on any atom is 0.0302 e. The van der Waals surface area contributed by atoms with Crippen molar-refractivity contribution in [2.45, 2.75) is 45.4 Å². The van der Waals surface area contributed by atoms with Crippen molar-refractivity contribution in [2.24, 2.45) is 5.41 Å². The van der Waals surface area contributed by atoms with E-state index in [-0.39, 0.29) is 0 Å². The molecule has 1 nitrogen and oxygen atoms in total. The van der Waals surface area contributed by atoms with E-state index in [1.165, 1.54) is 11.1 Å². The molecule has 1 aromatic heterocycles. The highest BCUT2D eigenvalue weighted by atomic mass is 79.9. The van der Waals surface area contributed by atoms with Gasteiger partial charge < -0.3 is 0 Å². The van der Waals surface area contributed by atoms with Crippen LogP contribution in [0.1, 0.15) is 38.3 Å². The standard InChI is InChI=1S/C13H20BrN/c1-10-7-8-15-9-11(10)5-6-12(14)13(2,3)4/h7-9,12H,5-6H2,1-4H3. The van der Waals surface area contributed by atoms with Gasteiger partial charge >= 0.3 is 0 Å². The minimum absolute atomic E-state index is 0.329. The van der Waals surface area contributed by atoms with E-state index >= 15 is 0 Å². The number of rotatable bonds is 3. The fourth-order valence-electron chi connectivity index (χ4n) is 1.47. The van der Waals surface area contributed by atoms with Crippen LogP contribution in [0, 0.1) is 12.3 Å². The molecule has 0 saturated heterocycles. The van der Waals surface area contributed by atoms with Gasteiger partial charge in [-0.2, -0.15) is 0 Å². The van der Waals surface area contributed by atoms with Gasteiger partial charge in [-0.15, -0.1) is 0 Å². The smallest absolute Gasteiger partial charge is 0.0302 e. The number of alkyl halides is 1. The summed E-state index contributed by atoms with van der Waals surface area (Å²) in [6.07, 6.45) is 6.11. The lowest BCUT2D eigenvalue weighted by molar-refractivity contribution is 0.385. The van der Waals surface area contributed by atoms with Gasteiger partial charge in [0.1, 0.15) is 0 Å². The molecule has 15 heavy (non-hydrogen) atoms. The van der Waals surface area contributed by atoms with E-state index in [9.17, 15) is 0 Å². The molecule has 84 valence electrons. The van der Waals surface area contributed by atoms with E-state index in [0.717, 1.165) is 12.8 Å². The van der Waals surface area contributed by atoms with Gasteiger partial charge in [0.25, 0.3) is 0 Å².